The van der Waals surface area contributed by atoms with Gasteiger partial charge in [0, 0.05) is 12.6 Å². The Balaban J connectivity index is 1.97. The average molecular weight is 283 g/mol. The van der Waals surface area contributed by atoms with E-state index in [1.165, 1.54) is 11.1 Å². The molecular formula is C17H21N3O. The van der Waals surface area contributed by atoms with Crippen LogP contribution in [-0.4, -0.2) is 16.9 Å². The SMILES string of the molecule is Cc1ccccc1CNc1ccc(C(=O)NC(C)C)nc1. The van der Waals surface area contributed by atoms with Gasteiger partial charge in [0.2, 0.25) is 0 Å². The highest BCUT2D eigenvalue weighted by atomic mass is 16.1. The molecule has 0 spiro atoms. The van der Waals surface area contributed by atoms with E-state index >= 15 is 0 Å². The number of rotatable bonds is 5. The van der Waals surface area contributed by atoms with Crippen LogP contribution in [0.3, 0.4) is 0 Å². The quantitative estimate of drug-likeness (QED) is 0.886. The monoisotopic (exact) mass is 283 g/mol. The van der Waals surface area contributed by atoms with Gasteiger partial charge in [0.15, 0.2) is 0 Å². The Kier molecular flexibility index (Phi) is 4.93. The highest BCUT2D eigenvalue weighted by Crippen LogP contribution is 2.11. The zero-order valence-electron chi connectivity index (χ0n) is 12.7. The Morgan fingerprint density at radius 2 is 1.95 bits per heavy atom. The zero-order chi connectivity index (χ0) is 15.2. The van der Waals surface area contributed by atoms with Gasteiger partial charge in [-0.05, 0) is 44.0 Å². The van der Waals surface area contributed by atoms with Crippen LogP contribution in [-0.2, 0) is 6.54 Å². The van der Waals surface area contributed by atoms with Crippen molar-refractivity contribution in [2.75, 3.05) is 5.32 Å². The summed E-state index contributed by atoms with van der Waals surface area (Å²) in [4.78, 5) is 16.0. The van der Waals surface area contributed by atoms with Crippen LogP contribution in [0.25, 0.3) is 0 Å². The Bertz CT molecular complexity index is 606. The van der Waals surface area contributed by atoms with Gasteiger partial charge in [0.25, 0.3) is 5.91 Å². The number of hydrogen-bond acceptors (Lipinski definition) is 3. The number of benzene rings is 1. The van der Waals surface area contributed by atoms with Crippen LogP contribution in [0.5, 0.6) is 0 Å². The van der Waals surface area contributed by atoms with E-state index in [0.717, 1.165) is 12.2 Å². The molecule has 1 aromatic heterocycles. The van der Waals surface area contributed by atoms with Crippen molar-refractivity contribution in [1.82, 2.24) is 10.3 Å². The van der Waals surface area contributed by atoms with E-state index in [1.54, 1.807) is 12.3 Å². The number of aryl methyl sites for hydroxylation is 1. The standard InChI is InChI=1S/C17H21N3O/c1-12(2)20-17(21)16-9-8-15(11-19-16)18-10-14-7-5-4-6-13(14)3/h4-9,11-12,18H,10H2,1-3H3,(H,20,21). The maximum atomic E-state index is 11.8. The summed E-state index contributed by atoms with van der Waals surface area (Å²) in [7, 11) is 0. The van der Waals surface area contributed by atoms with Crippen LogP contribution in [0.4, 0.5) is 5.69 Å². The normalized spacial score (nSPS) is 10.5. The molecule has 0 aliphatic heterocycles. The van der Waals surface area contributed by atoms with Gasteiger partial charge in [0.05, 0.1) is 11.9 Å². The van der Waals surface area contributed by atoms with E-state index in [9.17, 15) is 4.79 Å². The van der Waals surface area contributed by atoms with Crippen LogP contribution in [0.15, 0.2) is 42.6 Å². The summed E-state index contributed by atoms with van der Waals surface area (Å²) in [5.74, 6) is -0.143. The van der Waals surface area contributed by atoms with Crippen molar-refractivity contribution in [2.45, 2.75) is 33.4 Å². The van der Waals surface area contributed by atoms with Gasteiger partial charge in [-0.3, -0.25) is 4.79 Å². The van der Waals surface area contributed by atoms with Gasteiger partial charge < -0.3 is 10.6 Å². The summed E-state index contributed by atoms with van der Waals surface area (Å²) in [6, 6.07) is 12.0. The second-order valence-electron chi connectivity index (χ2n) is 5.34. The lowest BCUT2D eigenvalue weighted by Crippen LogP contribution is -2.30. The first-order valence-electron chi connectivity index (χ1n) is 7.11. The van der Waals surface area contributed by atoms with E-state index < -0.39 is 0 Å². The van der Waals surface area contributed by atoms with Gasteiger partial charge in [-0.15, -0.1) is 0 Å². The highest BCUT2D eigenvalue weighted by molar-refractivity contribution is 5.92. The molecule has 1 heterocycles. The third kappa shape index (κ3) is 4.31. The lowest BCUT2D eigenvalue weighted by Gasteiger charge is -2.10. The molecule has 4 nitrogen and oxygen atoms in total. The van der Waals surface area contributed by atoms with Crippen molar-refractivity contribution in [3.8, 4) is 0 Å². The summed E-state index contributed by atoms with van der Waals surface area (Å²) >= 11 is 0. The molecule has 1 amide bonds. The molecule has 0 aliphatic carbocycles. The molecule has 0 aliphatic rings. The number of hydrogen-bond donors (Lipinski definition) is 2. The Morgan fingerprint density at radius 3 is 2.57 bits per heavy atom. The topological polar surface area (TPSA) is 54.0 Å². The highest BCUT2D eigenvalue weighted by Gasteiger charge is 2.08. The van der Waals surface area contributed by atoms with Crippen molar-refractivity contribution >= 4 is 11.6 Å². The molecule has 0 unspecified atom stereocenters. The molecule has 21 heavy (non-hydrogen) atoms. The van der Waals surface area contributed by atoms with Gasteiger partial charge in [-0.2, -0.15) is 0 Å². The molecular weight excluding hydrogens is 262 g/mol. The van der Waals surface area contributed by atoms with Crippen molar-refractivity contribution < 1.29 is 4.79 Å². The second kappa shape index (κ2) is 6.88. The van der Waals surface area contributed by atoms with Crippen LogP contribution in [0, 0.1) is 6.92 Å². The molecule has 4 heteroatoms. The summed E-state index contributed by atoms with van der Waals surface area (Å²) in [6.45, 7) is 6.69. The Labute approximate surface area is 125 Å². The third-order valence-corrected chi connectivity index (χ3v) is 3.16. The van der Waals surface area contributed by atoms with Crippen molar-refractivity contribution in [3.05, 3.63) is 59.4 Å². The van der Waals surface area contributed by atoms with E-state index in [-0.39, 0.29) is 11.9 Å². The predicted molar refractivity (Wildman–Crippen MR) is 85.3 cm³/mol. The first kappa shape index (κ1) is 15.0. The lowest BCUT2D eigenvalue weighted by atomic mass is 10.1. The zero-order valence-corrected chi connectivity index (χ0v) is 12.7. The molecule has 1 aromatic carbocycles. The van der Waals surface area contributed by atoms with Crippen molar-refractivity contribution in [3.63, 3.8) is 0 Å². The predicted octanol–water partition coefficient (Wildman–Crippen LogP) is 3.14. The van der Waals surface area contributed by atoms with Gasteiger partial charge in [-0.1, -0.05) is 24.3 Å². The van der Waals surface area contributed by atoms with Crippen LogP contribution in [0.2, 0.25) is 0 Å². The van der Waals surface area contributed by atoms with Crippen LogP contribution in [0.1, 0.15) is 35.5 Å². The largest absolute Gasteiger partial charge is 0.380 e. The fourth-order valence-corrected chi connectivity index (χ4v) is 1.97. The maximum Gasteiger partial charge on any atom is 0.270 e. The number of carbonyl (C=O) groups excluding carboxylic acids is 1. The van der Waals surface area contributed by atoms with E-state index in [4.69, 9.17) is 0 Å². The maximum absolute atomic E-state index is 11.8. The minimum Gasteiger partial charge on any atom is -0.380 e. The smallest absolute Gasteiger partial charge is 0.270 e. The number of anilines is 1. The molecule has 0 fully saturated rings. The number of carbonyl (C=O) groups is 1. The summed E-state index contributed by atoms with van der Waals surface area (Å²) in [5.41, 5.74) is 3.84. The molecule has 2 N–H and O–H groups in total. The molecule has 2 aromatic rings. The number of pyridine rings is 1. The van der Waals surface area contributed by atoms with Crippen LogP contribution >= 0.6 is 0 Å². The fraction of sp³-hybridized carbons (Fsp3) is 0.294. The lowest BCUT2D eigenvalue weighted by molar-refractivity contribution is 0.0938. The molecule has 2 rings (SSSR count). The van der Waals surface area contributed by atoms with E-state index in [1.807, 2.05) is 32.0 Å². The molecule has 110 valence electrons. The number of nitrogens with one attached hydrogen (secondary N) is 2. The van der Waals surface area contributed by atoms with Crippen molar-refractivity contribution in [1.29, 1.82) is 0 Å². The second-order valence-corrected chi connectivity index (χ2v) is 5.34. The molecule has 0 atom stereocenters. The van der Waals surface area contributed by atoms with Gasteiger partial charge >= 0.3 is 0 Å². The van der Waals surface area contributed by atoms with Crippen molar-refractivity contribution in [2.24, 2.45) is 0 Å². The summed E-state index contributed by atoms with van der Waals surface area (Å²) in [6.07, 6.45) is 1.69. The number of amides is 1. The molecule has 0 bridgehead atoms. The molecule has 0 saturated carbocycles. The average Bonchev–Trinajstić information content (AvgIpc) is 2.46. The molecule has 0 saturated heterocycles. The minimum absolute atomic E-state index is 0.109. The minimum atomic E-state index is -0.143. The summed E-state index contributed by atoms with van der Waals surface area (Å²) < 4.78 is 0. The summed E-state index contributed by atoms with van der Waals surface area (Å²) in [5, 5.41) is 6.14. The Hall–Kier alpha value is -2.36. The van der Waals surface area contributed by atoms with E-state index in [0.29, 0.717) is 5.69 Å². The Morgan fingerprint density at radius 1 is 1.19 bits per heavy atom. The first-order chi connectivity index (χ1) is 10.1. The fourth-order valence-electron chi connectivity index (χ4n) is 1.97. The third-order valence-electron chi connectivity index (χ3n) is 3.16. The number of nitrogens with zero attached hydrogens (tertiary/aromatic N) is 1. The first-order valence-corrected chi connectivity index (χ1v) is 7.11. The number of aromatic nitrogens is 1. The van der Waals surface area contributed by atoms with Gasteiger partial charge in [0.1, 0.15) is 5.69 Å². The van der Waals surface area contributed by atoms with Gasteiger partial charge in [-0.25, -0.2) is 4.98 Å². The van der Waals surface area contributed by atoms with E-state index in [2.05, 4.69) is 34.7 Å². The van der Waals surface area contributed by atoms with Crippen LogP contribution < -0.4 is 10.6 Å². The molecule has 0 radical (unpaired) electrons.